The number of methoxy groups -OCH3 is 1. The first-order valence-electron chi connectivity index (χ1n) is 4.86. The van der Waals surface area contributed by atoms with Gasteiger partial charge in [0.05, 0.1) is 7.11 Å². The third kappa shape index (κ3) is 1.60. The van der Waals surface area contributed by atoms with Gasteiger partial charge in [-0.1, -0.05) is 12.1 Å². The Labute approximate surface area is 83.1 Å². The van der Waals surface area contributed by atoms with E-state index in [1.54, 1.807) is 6.07 Å². The Bertz CT molecular complexity index is 321. The highest BCUT2D eigenvalue weighted by Crippen LogP contribution is 2.29. The summed E-state index contributed by atoms with van der Waals surface area (Å²) in [6, 6.07) is 5.34. The molecule has 1 aromatic rings. The minimum atomic E-state index is -0.205. The maximum atomic E-state index is 13.8. The number of rotatable bonds is 2. The normalized spacial score (nSPS) is 21.1. The van der Waals surface area contributed by atoms with Gasteiger partial charge in [0.1, 0.15) is 0 Å². The smallest absolute Gasteiger partial charge is 0.168 e. The number of nitrogens with one attached hydrogen (secondary N) is 1. The highest BCUT2D eigenvalue weighted by molar-refractivity contribution is 5.33. The highest BCUT2D eigenvalue weighted by atomic mass is 19.1. The van der Waals surface area contributed by atoms with Crippen molar-refractivity contribution in [3.05, 3.63) is 29.6 Å². The standard InChI is InChI=1S/C11H14FNO/c1-14-10-4-2-3-9(11(10)12)8-5-6-13-7-8/h2-4,8,13H,5-7H2,1H3/t8-/m1/s1. The number of hydrogen-bond donors (Lipinski definition) is 1. The summed E-state index contributed by atoms with van der Waals surface area (Å²) in [5.41, 5.74) is 0.773. The topological polar surface area (TPSA) is 21.3 Å². The maximum Gasteiger partial charge on any atom is 0.168 e. The van der Waals surface area contributed by atoms with Gasteiger partial charge in [-0.3, -0.25) is 0 Å². The van der Waals surface area contributed by atoms with E-state index in [4.69, 9.17) is 4.74 Å². The molecular formula is C11H14FNO. The van der Waals surface area contributed by atoms with Gasteiger partial charge in [-0.2, -0.15) is 0 Å². The van der Waals surface area contributed by atoms with E-state index in [-0.39, 0.29) is 5.82 Å². The van der Waals surface area contributed by atoms with E-state index >= 15 is 0 Å². The van der Waals surface area contributed by atoms with Gasteiger partial charge in [0.25, 0.3) is 0 Å². The van der Waals surface area contributed by atoms with Gasteiger partial charge in [-0.05, 0) is 24.6 Å². The van der Waals surface area contributed by atoms with Gasteiger partial charge in [0.2, 0.25) is 0 Å². The molecule has 1 aromatic carbocycles. The molecule has 3 heteroatoms. The van der Waals surface area contributed by atoms with Crippen molar-refractivity contribution in [3.63, 3.8) is 0 Å². The molecule has 0 radical (unpaired) electrons. The van der Waals surface area contributed by atoms with Crippen molar-refractivity contribution >= 4 is 0 Å². The second-order valence-corrected chi connectivity index (χ2v) is 3.55. The first-order valence-corrected chi connectivity index (χ1v) is 4.86. The monoisotopic (exact) mass is 195 g/mol. The van der Waals surface area contributed by atoms with Gasteiger partial charge < -0.3 is 10.1 Å². The molecule has 1 aliphatic rings. The average molecular weight is 195 g/mol. The average Bonchev–Trinajstić information content (AvgIpc) is 2.71. The molecule has 0 amide bonds. The third-order valence-electron chi connectivity index (χ3n) is 2.71. The van der Waals surface area contributed by atoms with Crippen LogP contribution in [0.5, 0.6) is 5.75 Å². The summed E-state index contributed by atoms with van der Waals surface area (Å²) in [6.45, 7) is 1.84. The van der Waals surface area contributed by atoms with Crippen LogP contribution < -0.4 is 10.1 Å². The Hall–Kier alpha value is -1.09. The lowest BCUT2D eigenvalue weighted by atomic mass is 9.97. The highest BCUT2D eigenvalue weighted by Gasteiger charge is 2.21. The Morgan fingerprint density at radius 1 is 1.50 bits per heavy atom. The van der Waals surface area contributed by atoms with Crippen LogP contribution in [0.1, 0.15) is 17.9 Å². The summed E-state index contributed by atoms with van der Waals surface area (Å²) in [6.07, 6.45) is 1.00. The quantitative estimate of drug-likeness (QED) is 0.778. The SMILES string of the molecule is COc1cccc([C@@H]2CCNC2)c1F. The minimum Gasteiger partial charge on any atom is -0.494 e. The molecule has 1 aliphatic heterocycles. The first kappa shape index (κ1) is 9.46. The van der Waals surface area contributed by atoms with Crippen molar-refractivity contribution in [2.45, 2.75) is 12.3 Å². The van der Waals surface area contributed by atoms with Crippen LogP contribution in [0.3, 0.4) is 0 Å². The van der Waals surface area contributed by atoms with Gasteiger partial charge >= 0.3 is 0 Å². The lowest BCUT2D eigenvalue weighted by Crippen LogP contribution is -2.09. The molecule has 0 bridgehead atoms. The van der Waals surface area contributed by atoms with Crippen LogP contribution in [0.4, 0.5) is 4.39 Å². The zero-order valence-corrected chi connectivity index (χ0v) is 8.22. The van der Waals surface area contributed by atoms with E-state index in [0.29, 0.717) is 11.7 Å². The fourth-order valence-electron chi connectivity index (χ4n) is 1.92. The second kappa shape index (κ2) is 3.96. The van der Waals surface area contributed by atoms with Crippen LogP contribution in [0.2, 0.25) is 0 Å². The lowest BCUT2D eigenvalue weighted by Gasteiger charge is -2.11. The van der Waals surface area contributed by atoms with Crippen LogP contribution >= 0.6 is 0 Å². The third-order valence-corrected chi connectivity index (χ3v) is 2.71. The van der Waals surface area contributed by atoms with Crippen LogP contribution in [0.15, 0.2) is 18.2 Å². The summed E-state index contributed by atoms with van der Waals surface area (Å²) in [4.78, 5) is 0. The Balaban J connectivity index is 2.32. The van der Waals surface area contributed by atoms with Crippen molar-refractivity contribution in [1.82, 2.24) is 5.32 Å². The van der Waals surface area contributed by atoms with Gasteiger partial charge in [-0.15, -0.1) is 0 Å². The first-order chi connectivity index (χ1) is 6.83. The second-order valence-electron chi connectivity index (χ2n) is 3.55. The summed E-state index contributed by atoms with van der Waals surface area (Å²) >= 11 is 0. The summed E-state index contributed by atoms with van der Waals surface area (Å²) in [7, 11) is 1.50. The van der Waals surface area contributed by atoms with Crippen molar-refractivity contribution in [1.29, 1.82) is 0 Å². The number of hydrogen-bond acceptors (Lipinski definition) is 2. The number of ether oxygens (including phenoxy) is 1. The van der Waals surface area contributed by atoms with Crippen LogP contribution in [0.25, 0.3) is 0 Å². The fraction of sp³-hybridized carbons (Fsp3) is 0.455. The molecule has 1 atom stereocenters. The zero-order valence-electron chi connectivity index (χ0n) is 8.22. The molecule has 76 valence electrons. The van der Waals surface area contributed by atoms with E-state index in [1.165, 1.54) is 7.11 Å². The summed E-state index contributed by atoms with van der Waals surface area (Å²) in [5.74, 6) is 0.434. The number of benzene rings is 1. The largest absolute Gasteiger partial charge is 0.494 e. The van der Waals surface area contributed by atoms with Crippen molar-refractivity contribution in [2.24, 2.45) is 0 Å². The molecule has 0 saturated carbocycles. The lowest BCUT2D eigenvalue weighted by molar-refractivity contribution is 0.382. The van der Waals surface area contributed by atoms with E-state index in [0.717, 1.165) is 25.1 Å². The van der Waals surface area contributed by atoms with E-state index in [2.05, 4.69) is 5.32 Å². The van der Waals surface area contributed by atoms with Crippen molar-refractivity contribution in [2.75, 3.05) is 20.2 Å². The van der Waals surface area contributed by atoms with E-state index < -0.39 is 0 Å². The van der Waals surface area contributed by atoms with Crippen LogP contribution in [-0.4, -0.2) is 20.2 Å². The predicted molar refractivity (Wildman–Crippen MR) is 53.2 cm³/mol. The molecule has 1 heterocycles. The molecule has 0 spiro atoms. The van der Waals surface area contributed by atoms with Crippen molar-refractivity contribution < 1.29 is 9.13 Å². The van der Waals surface area contributed by atoms with Crippen LogP contribution in [0, 0.1) is 5.82 Å². The molecule has 0 aromatic heterocycles. The Morgan fingerprint density at radius 3 is 3.00 bits per heavy atom. The number of halogens is 1. The molecule has 1 N–H and O–H groups in total. The predicted octanol–water partition coefficient (Wildman–Crippen LogP) is 1.91. The fourth-order valence-corrected chi connectivity index (χ4v) is 1.92. The van der Waals surface area contributed by atoms with Crippen molar-refractivity contribution in [3.8, 4) is 5.75 Å². The van der Waals surface area contributed by atoms with E-state index in [9.17, 15) is 4.39 Å². The molecule has 0 aliphatic carbocycles. The molecule has 2 nitrogen and oxygen atoms in total. The van der Waals surface area contributed by atoms with Crippen LogP contribution in [-0.2, 0) is 0 Å². The van der Waals surface area contributed by atoms with Gasteiger partial charge in [-0.25, -0.2) is 4.39 Å². The molecule has 2 rings (SSSR count). The van der Waals surface area contributed by atoms with E-state index in [1.807, 2.05) is 12.1 Å². The Kier molecular flexibility index (Phi) is 2.68. The Morgan fingerprint density at radius 2 is 2.36 bits per heavy atom. The molecule has 14 heavy (non-hydrogen) atoms. The molecular weight excluding hydrogens is 181 g/mol. The zero-order chi connectivity index (χ0) is 9.97. The minimum absolute atomic E-state index is 0.205. The summed E-state index contributed by atoms with van der Waals surface area (Å²) in [5, 5.41) is 3.23. The molecule has 0 unspecified atom stereocenters. The van der Waals surface area contributed by atoms with Gasteiger partial charge in [0, 0.05) is 12.5 Å². The summed E-state index contributed by atoms with van der Waals surface area (Å²) < 4.78 is 18.7. The molecule has 1 saturated heterocycles. The van der Waals surface area contributed by atoms with Gasteiger partial charge in [0.15, 0.2) is 11.6 Å². The molecule has 1 fully saturated rings. The maximum absolute atomic E-state index is 13.8.